The van der Waals surface area contributed by atoms with Gasteiger partial charge in [-0.05, 0) is 40.7 Å². The van der Waals surface area contributed by atoms with E-state index >= 15 is 0 Å². The maximum absolute atomic E-state index is 12.6. The molecule has 6 heteroatoms. The number of hydrogen-bond acceptors (Lipinski definition) is 3. The zero-order chi connectivity index (χ0) is 14.0. The number of amides is 2. The minimum absolute atomic E-state index is 0.00106. The number of thiophene rings is 1. The van der Waals surface area contributed by atoms with Crippen LogP contribution < -0.4 is 5.32 Å². The van der Waals surface area contributed by atoms with Crippen LogP contribution in [0.2, 0.25) is 0 Å². The largest absolute Gasteiger partial charge is 0.342 e. The normalized spacial score (nSPS) is 24.3. The summed E-state index contributed by atoms with van der Waals surface area (Å²) in [5.74, 6) is -0.0494. The number of hydrogen-bond donors (Lipinski definition) is 1. The number of rotatable bonds is 3. The molecule has 0 radical (unpaired) electrons. The maximum Gasteiger partial charge on any atom is 0.248 e. The Morgan fingerprint density at radius 2 is 2.26 bits per heavy atom. The van der Waals surface area contributed by atoms with E-state index in [2.05, 4.69) is 21.2 Å². The fourth-order valence-corrected chi connectivity index (χ4v) is 3.60. The van der Waals surface area contributed by atoms with E-state index in [9.17, 15) is 9.59 Å². The Hall–Kier alpha value is -0.880. The van der Waals surface area contributed by atoms with E-state index in [-0.39, 0.29) is 11.8 Å². The Morgan fingerprint density at radius 3 is 2.84 bits per heavy atom. The molecule has 0 saturated carbocycles. The van der Waals surface area contributed by atoms with Crippen LogP contribution in [-0.2, 0) is 16.1 Å². The van der Waals surface area contributed by atoms with Crippen LogP contribution in [0, 0.1) is 0 Å². The van der Waals surface area contributed by atoms with E-state index in [0.717, 1.165) is 9.35 Å². The summed E-state index contributed by atoms with van der Waals surface area (Å²) in [6, 6.07) is 1.98. The van der Waals surface area contributed by atoms with Crippen LogP contribution in [-0.4, -0.2) is 28.8 Å². The van der Waals surface area contributed by atoms with Crippen LogP contribution in [0.3, 0.4) is 0 Å². The van der Waals surface area contributed by atoms with Gasteiger partial charge in [-0.25, -0.2) is 0 Å². The van der Waals surface area contributed by atoms with Crippen molar-refractivity contribution in [1.82, 2.24) is 10.2 Å². The Morgan fingerprint density at radius 1 is 1.53 bits per heavy atom. The van der Waals surface area contributed by atoms with Gasteiger partial charge in [0.15, 0.2) is 0 Å². The van der Waals surface area contributed by atoms with E-state index in [1.807, 2.05) is 18.4 Å². The molecule has 1 atom stereocenters. The predicted octanol–water partition coefficient (Wildman–Crippen LogP) is 2.53. The van der Waals surface area contributed by atoms with Gasteiger partial charge in [-0.3, -0.25) is 9.59 Å². The molecule has 0 aliphatic carbocycles. The second kappa shape index (κ2) is 5.63. The molecule has 2 amide bonds. The minimum Gasteiger partial charge on any atom is -0.342 e. The summed E-state index contributed by atoms with van der Waals surface area (Å²) in [4.78, 5) is 27.2. The van der Waals surface area contributed by atoms with Gasteiger partial charge in [0.1, 0.15) is 5.54 Å². The summed E-state index contributed by atoms with van der Waals surface area (Å²) in [6.07, 6.45) is 0.962. The predicted molar refractivity (Wildman–Crippen MR) is 78.9 cm³/mol. The van der Waals surface area contributed by atoms with Gasteiger partial charge in [0.25, 0.3) is 0 Å². The fraction of sp³-hybridized carbons (Fsp3) is 0.538. The van der Waals surface area contributed by atoms with Crippen molar-refractivity contribution < 1.29 is 9.59 Å². The van der Waals surface area contributed by atoms with Crippen molar-refractivity contribution in [1.29, 1.82) is 0 Å². The Labute approximate surface area is 125 Å². The molecule has 2 heterocycles. The topological polar surface area (TPSA) is 49.4 Å². The first-order valence-electron chi connectivity index (χ1n) is 6.28. The monoisotopic (exact) mass is 344 g/mol. The summed E-state index contributed by atoms with van der Waals surface area (Å²) in [5, 5.41) is 4.83. The molecule has 0 bridgehead atoms. The van der Waals surface area contributed by atoms with Gasteiger partial charge in [0, 0.05) is 22.3 Å². The standard InChI is InChI=1S/C13H17BrN2O2S/c1-3-13(2)12(18)16(6-4-11(17)15-13)8-10-9(14)5-7-19-10/h5,7H,3-4,6,8H2,1-2H3,(H,15,17). The average Bonchev–Trinajstić information content (AvgIpc) is 2.74. The fourth-order valence-electron chi connectivity index (χ4n) is 2.11. The third kappa shape index (κ3) is 3.00. The highest BCUT2D eigenvalue weighted by Gasteiger charge is 2.39. The first-order valence-corrected chi connectivity index (χ1v) is 7.96. The summed E-state index contributed by atoms with van der Waals surface area (Å²) in [7, 11) is 0. The van der Waals surface area contributed by atoms with Crippen molar-refractivity contribution in [3.8, 4) is 0 Å². The summed E-state index contributed by atoms with van der Waals surface area (Å²) >= 11 is 5.09. The van der Waals surface area contributed by atoms with E-state index in [4.69, 9.17) is 0 Å². The summed E-state index contributed by atoms with van der Waals surface area (Å²) in [5.41, 5.74) is -0.780. The molecule has 1 saturated heterocycles. The molecule has 1 fully saturated rings. The molecule has 1 unspecified atom stereocenters. The minimum atomic E-state index is -0.780. The molecular formula is C13H17BrN2O2S. The van der Waals surface area contributed by atoms with Gasteiger partial charge in [0.2, 0.25) is 11.8 Å². The molecule has 19 heavy (non-hydrogen) atoms. The Bertz CT molecular complexity index is 503. The molecule has 1 aromatic heterocycles. The SMILES string of the molecule is CCC1(C)NC(=O)CCN(Cc2sccc2Br)C1=O. The lowest BCUT2D eigenvalue weighted by molar-refractivity contribution is -0.138. The Kier molecular flexibility index (Phi) is 4.30. The average molecular weight is 345 g/mol. The van der Waals surface area contributed by atoms with E-state index in [1.165, 1.54) is 0 Å². The highest BCUT2D eigenvalue weighted by Crippen LogP contribution is 2.26. The number of carbonyl (C=O) groups is 2. The van der Waals surface area contributed by atoms with Gasteiger partial charge >= 0.3 is 0 Å². The molecule has 1 aromatic rings. The van der Waals surface area contributed by atoms with Gasteiger partial charge in [-0.15, -0.1) is 11.3 Å². The van der Waals surface area contributed by atoms with Gasteiger partial charge in [0.05, 0.1) is 6.54 Å². The van der Waals surface area contributed by atoms with Crippen molar-refractivity contribution in [2.75, 3.05) is 6.54 Å². The van der Waals surface area contributed by atoms with Crippen molar-refractivity contribution in [3.05, 3.63) is 20.8 Å². The number of carbonyl (C=O) groups excluding carboxylic acids is 2. The van der Waals surface area contributed by atoms with E-state index in [1.54, 1.807) is 23.2 Å². The van der Waals surface area contributed by atoms with Crippen LogP contribution in [0.4, 0.5) is 0 Å². The third-order valence-corrected chi connectivity index (χ3v) is 5.43. The van der Waals surface area contributed by atoms with E-state index < -0.39 is 5.54 Å². The van der Waals surface area contributed by atoms with Crippen molar-refractivity contribution >= 4 is 39.1 Å². The number of halogens is 1. The van der Waals surface area contributed by atoms with Crippen LogP contribution in [0.1, 0.15) is 31.6 Å². The van der Waals surface area contributed by atoms with Gasteiger partial charge in [-0.1, -0.05) is 6.92 Å². The molecule has 1 aliphatic rings. The number of nitrogens with zero attached hydrogens (tertiary/aromatic N) is 1. The highest BCUT2D eigenvalue weighted by atomic mass is 79.9. The maximum atomic E-state index is 12.6. The quantitative estimate of drug-likeness (QED) is 0.915. The summed E-state index contributed by atoms with van der Waals surface area (Å²) in [6.45, 7) is 4.75. The molecule has 0 spiro atoms. The molecule has 1 N–H and O–H groups in total. The molecule has 4 nitrogen and oxygen atoms in total. The Balaban J connectivity index is 2.22. The van der Waals surface area contributed by atoms with Crippen LogP contribution in [0.25, 0.3) is 0 Å². The van der Waals surface area contributed by atoms with Crippen molar-refractivity contribution in [2.45, 2.75) is 38.8 Å². The van der Waals surface area contributed by atoms with Crippen molar-refractivity contribution in [2.24, 2.45) is 0 Å². The second-order valence-electron chi connectivity index (χ2n) is 4.90. The molecule has 1 aliphatic heterocycles. The molecule has 0 aromatic carbocycles. The summed E-state index contributed by atoms with van der Waals surface area (Å²) < 4.78 is 1.02. The van der Waals surface area contributed by atoms with Gasteiger partial charge < -0.3 is 10.2 Å². The lowest BCUT2D eigenvalue weighted by Gasteiger charge is -2.31. The molecule has 104 valence electrons. The van der Waals surface area contributed by atoms with E-state index in [0.29, 0.717) is 25.9 Å². The zero-order valence-electron chi connectivity index (χ0n) is 11.0. The zero-order valence-corrected chi connectivity index (χ0v) is 13.4. The molecular weight excluding hydrogens is 328 g/mol. The van der Waals surface area contributed by atoms with Crippen LogP contribution in [0.15, 0.2) is 15.9 Å². The van der Waals surface area contributed by atoms with Crippen LogP contribution >= 0.6 is 27.3 Å². The molecule has 2 rings (SSSR count). The highest BCUT2D eigenvalue weighted by molar-refractivity contribution is 9.10. The van der Waals surface area contributed by atoms with Crippen LogP contribution in [0.5, 0.6) is 0 Å². The smallest absolute Gasteiger partial charge is 0.248 e. The third-order valence-electron chi connectivity index (χ3n) is 3.52. The second-order valence-corrected chi connectivity index (χ2v) is 6.76. The number of nitrogens with one attached hydrogen (secondary N) is 1. The first-order chi connectivity index (χ1) is 8.96. The lowest BCUT2D eigenvalue weighted by Crippen LogP contribution is -2.54. The first kappa shape index (κ1) is 14.5. The van der Waals surface area contributed by atoms with Crippen molar-refractivity contribution in [3.63, 3.8) is 0 Å². The lowest BCUT2D eigenvalue weighted by atomic mass is 9.97. The van der Waals surface area contributed by atoms with Gasteiger partial charge in [-0.2, -0.15) is 0 Å².